The van der Waals surface area contributed by atoms with Gasteiger partial charge < -0.3 is 0 Å². The third-order valence-corrected chi connectivity index (χ3v) is 2.34. The summed E-state index contributed by atoms with van der Waals surface area (Å²) in [6, 6.07) is 12.5. The molecule has 0 spiro atoms. The van der Waals surface area contributed by atoms with Gasteiger partial charge in [0.2, 0.25) is 0 Å². The van der Waals surface area contributed by atoms with Crippen LogP contribution in [0.5, 0.6) is 0 Å². The Kier molecular flexibility index (Phi) is 3.02. The normalized spacial score (nSPS) is 11.0. The van der Waals surface area contributed by atoms with Crippen molar-refractivity contribution in [1.29, 1.82) is 5.26 Å². The van der Waals surface area contributed by atoms with E-state index in [0.717, 1.165) is 6.07 Å². The largest absolute Gasteiger partial charge is 0.433 e. The van der Waals surface area contributed by atoms with Crippen LogP contribution in [0, 0.1) is 11.3 Å². The van der Waals surface area contributed by atoms with Crippen molar-refractivity contribution in [2.45, 2.75) is 6.18 Å². The van der Waals surface area contributed by atoms with Crippen LogP contribution in [0.3, 0.4) is 0 Å². The van der Waals surface area contributed by atoms with Gasteiger partial charge in [0.15, 0.2) is 0 Å². The van der Waals surface area contributed by atoms with Crippen LogP contribution in [-0.4, -0.2) is 4.98 Å². The van der Waals surface area contributed by atoms with E-state index in [1.807, 2.05) is 0 Å². The minimum absolute atomic E-state index is 0.247. The predicted octanol–water partition coefficient (Wildman–Crippen LogP) is 3.64. The van der Waals surface area contributed by atoms with Gasteiger partial charge in [-0.2, -0.15) is 18.4 Å². The van der Waals surface area contributed by atoms with E-state index in [-0.39, 0.29) is 5.69 Å². The molecule has 0 aliphatic carbocycles. The Bertz CT molecular complexity index is 598. The molecule has 1 heterocycles. The minimum atomic E-state index is -4.56. The summed E-state index contributed by atoms with van der Waals surface area (Å²) in [5.41, 5.74) is -0.361. The lowest BCUT2D eigenvalue weighted by Crippen LogP contribution is -2.09. The zero-order chi connectivity index (χ0) is 13.2. The van der Waals surface area contributed by atoms with Crippen LogP contribution in [0.2, 0.25) is 0 Å². The molecule has 2 rings (SSSR count). The Balaban J connectivity index is 2.60. The SMILES string of the molecule is N#Cc1cc(-c2ccccc2)cc(C(F)(F)F)n1. The molecule has 0 saturated carbocycles. The van der Waals surface area contributed by atoms with Crippen LogP contribution in [0.25, 0.3) is 11.1 Å². The van der Waals surface area contributed by atoms with Crippen molar-refractivity contribution < 1.29 is 13.2 Å². The number of nitriles is 1. The summed E-state index contributed by atoms with van der Waals surface area (Å²) in [5, 5.41) is 8.72. The number of nitrogens with zero attached hydrogens (tertiary/aromatic N) is 2. The van der Waals surface area contributed by atoms with Gasteiger partial charge in [0, 0.05) is 0 Å². The van der Waals surface area contributed by atoms with Gasteiger partial charge in [-0.25, -0.2) is 4.98 Å². The molecule has 0 unspecified atom stereocenters. The Hall–Kier alpha value is -2.35. The topological polar surface area (TPSA) is 36.7 Å². The second-order valence-electron chi connectivity index (χ2n) is 3.60. The van der Waals surface area contributed by atoms with E-state index < -0.39 is 11.9 Å². The highest BCUT2D eigenvalue weighted by Crippen LogP contribution is 2.31. The fourth-order valence-corrected chi connectivity index (χ4v) is 1.53. The van der Waals surface area contributed by atoms with E-state index in [9.17, 15) is 13.2 Å². The third kappa shape index (κ3) is 2.48. The van der Waals surface area contributed by atoms with Crippen molar-refractivity contribution in [1.82, 2.24) is 4.98 Å². The maximum Gasteiger partial charge on any atom is 0.433 e. The fourth-order valence-electron chi connectivity index (χ4n) is 1.53. The summed E-state index contributed by atoms with van der Waals surface area (Å²) < 4.78 is 37.9. The Morgan fingerprint density at radius 1 is 1.00 bits per heavy atom. The standard InChI is InChI=1S/C13H7F3N2/c14-13(15,16)12-7-10(6-11(8-17)18-12)9-4-2-1-3-5-9/h1-7H. The number of halogens is 3. The average Bonchev–Trinajstić information content (AvgIpc) is 2.38. The molecule has 0 aliphatic rings. The molecule has 5 heteroatoms. The summed E-state index contributed by atoms with van der Waals surface area (Å²) in [4.78, 5) is 3.26. The van der Waals surface area contributed by atoms with E-state index in [4.69, 9.17) is 5.26 Å². The second kappa shape index (κ2) is 4.49. The second-order valence-corrected chi connectivity index (χ2v) is 3.60. The molecule has 0 amide bonds. The maximum atomic E-state index is 12.6. The van der Waals surface area contributed by atoms with Crippen molar-refractivity contribution >= 4 is 0 Å². The number of aromatic nitrogens is 1. The van der Waals surface area contributed by atoms with Crippen molar-refractivity contribution in [2.75, 3.05) is 0 Å². The molecule has 0 fully saturated rings. The van der Waals surface area contributed by atoms with Crippen molar-refractivity contribution in [3.63, 3.8) is 0 Å². The quantitative estimate of drug-likeness (QED) is 0.772. The first-order valence-corrected chi connectivity index (χ1v) is 5.05. The number of pyridine rings is 1. The highest BCUT2D eigenvalue weighted by Gasteiger charge is 2.33. The van der Waals surface area contributed by atoms with Crippen LogP contribution < -0.4 is 0 Å². The third-order valence-electron chi connectivity index (χ3n) is 2.34. The van der Waals surface area contributed by atoms with Gasteiger partial charge in [0.1, 0.15) is 17.5 Å². The number of benzene rings is 1. The monoisotopic (exact) mass is 248 g/mol. The molecular formula is C13H7F3N2. The Morgan fingerprint density at radius 3 is 2.22 bits per heavy atom. The molecule has 0 saturated heterocycles. The summed E-state index contributed by atoms with van der Waals surface area (Å²) in [7, 11) is 0. The van der Waals surface area contributed by atoms with E-state index in [2.05, 4.69) is 4.98 Å². The molecule has 0 N–H and O–H groups in total. The van der Waals surface area contributed by atoms with Gasteiger partial charge in [0.05, 0.1) is 0 Å². The van der Waals surface area contributed by atoms with Gasteiger partial charge >= 0.3 is 6.18 Å². The number of hydrogen-bond donors (Lipinski definition) is 0. The van der Waals surface area contributed by atoms with Crippen LogP contribution in [0.1, 0.15) is 11.4 Å². The van der Waals surface area contributed by atoms with Crippen LogP contribution >= 0.6 is 0 Å². The fraction of sp³-hybridized carbons (Fsp3) is 0.0769. The highest BCUT2D eigenvalue weighted by atomic mass is 19.4. The molecule has 1 aromatic carbocycles. The lowest BCUT2D eigenvalue weighted by atomic mass is 10.0. The van der Waals surface area contributed by atoms with Gasteiger partial charge in [-0.3, -0.25) is 0 Å². The van der Waals surface area contributed by atoms with Crippen LogP contribution in [0.4, 0.5) is 13.2 Å². The maximum absolute atomic E-state index is 12.6. The Morgan fingerprint density at radius 2 is 1.67 bits per heavy atom. The van der Waals surface area contributed by atoms with E-state index >= 15 is 0 Å². The van der Waals surface area contributed by atoms with E-state index in [1.54, 1.807) is 36.4 Å². The first-order valence-electron chi connectivity index (χ1n) is 5.05. The first kappa shape index (κ1) is 12.1. The van der Waals surface area contributed by atoms with E-state index in [1.165, 1.54) is 6.07 Å². The van der Waals surface area contributed by atoms with Gasteiger partial charge in [0.25, 0.3) is 0 Å². The molecular weight excluding hydrogens is 241 g/mol. The first-order chi connectivity index (χ1) is 8.50. The van der Waals surface area contributed by atoms with Crippen molar-refractivity contribution in [3.05, 3.63) is 53.9 Å². The zero-order valence-corrected chi connectivity index (χ0v) is 9.07. The van der Waals surface area contributed by atoms with Crippen molar-refractivity contribution in [3.8, 4) is 17.2 Å². The summed E-state index contributed by atoms with van der Waals surface area (Å²) in [6.07, 6.45) is -4.56. The molecule has 0 radical (unpaired) electrons. The molecule has 2 nitrogen and oxygen atoms in total. The van der Waals surface area contributed by atoms with Gasteiger partial charge in [-0.15, -0.1) is 0 Å². The van der Waals surface area contributed by atoms with E-state index in [0.29, 0.717) is 11.1 Å². The molecule has 90 valence electrons. The van der Waals surface area contributed by atoms with Crippen molar-refractivity contribution in [2.24, 2.45) is 0 Å². The number of alkyl halides is 3. The Labute approximate surface area is 101 Å². The molecule has 18 heavy (non-hydrogen) atoms. The zero-order valence-electron chi connectivity index (χ0n) is 9.07. The summed E-state index contributed by atoms with van der Waals surface area (Å²) >= 11 is 0. The van der Waals surface area contributed by atoms with Gasteiger partial charge in [-0.05, 0) is 23.3 Å². The smallest absolute Gasteiger partial charge is 0.233 e. The summed E-state index contributed by atoms with van der Waals surface area (Å²) in [5.74, 6) is 0. The molecule has 0 aliphatic heterocycles. The molecule has 1 aromatic heterocycles. The predicted molar refractivity (Wildman–Crippen MR) is 59.4 cm³/mol. The average molecular weight is 248 g/mol. The van der Waals surface area contributed by atoms with Gasteiger partial charge in [-0.1, -0.05) is 30.3 Å². The molecule has 0 atom stereocenters. The lowest BCUT2D eigenvalue weighted by Gasteiger charge is -2.08. The lowest BCUT2D eigenvalue weighted by molar-refractivity contribution is -0.141. The number of hydrogen-bond acceptors (Lipinski definition) is 2. The minimum Gasteiger partial charge on any atom is -0.233 e. The van der Waals surface area contributed by atoms with Crippen LogP contribution in [-0.2, 0) is 6.18 Å². The highest BCUT2D eigenvalue weighted by molar-refractivity contribution is 5.64. The summed E-state index contributed by atoms with van der Waals surface area (Å²) in [6.45, 7) is 0. The molecule has 0 bridgehead atoms. The molecule has 2 aromatic rings. The number of rotatable bonds is 1. The van der Waals surface area contributed by atoms with Crippen LogP contribution in [0.15, 0.2) is 42.5 Å².